The van der Waals surface area contributed by atoms with Crippen molar-refractivity contribution in [1.29, 1.82) is 0 Å². The van der Waals surface area contributed by atoms with Crippen LogP contribution in [0.1, 0.15) is 38.5 Å². The molecule has 5 nitrogen and oxygen atoms in total. The smallest absolute Gasteiger partial charge is 0.237 e. The largest absolute Gasteiger partial charge is 0.381 e. The fraction of sp³-hybridized carbons (Fsp3) is 0.938. The van der Waals surface area contributed by atoms with E-state index < -0.39 is 0 Å². The number of hydrogen-bond acceptors (Lipinski definition) is 4. The van der Waals surface area contributed by atoms with E-state index in [1.54, 1.807) is 0 Å². The third-order valence-corrected chi connectivity index (χ3v) is 5.22. The summed E-state index contributed by atoms with van der Waals surface area (Å²) in [6.45, 7) is 4.99. The van der Waals surface area contributed by atoms with Crippen LogP contribution in [-0.4, -0.2) is 55.7 Å². The number of nitrogens with one attached hydrogen (secondary N) is 1. The molecule has 7 heteroatoms. The molecular weight excluding hydrogens is 337 g/mol. The third-order valence-electron chi connectivity index (χ3n) is 5.22. The van der Waals surface area contributed by atoms with E-state index >= 15 is 0 Å². The van der Waals surface area contributed by atoms with Crippen molar-refractivity contribution in [3.05, 3.63) is 0 Å². The summed E-state index contributed by atoms with van der Waals surface area (Å²) in [7, 11) is 0. The van der Waals surface area contributed by atoms with Gasteiger partial charge in [0.25, 0.3) is 0 Å². The normalized spacial score (nSPS) is 25.1. The molecule has 2 aliphatic heterocycles. The predicted octanol–water partition coefficient (Wildman–Crippen LogP) is 1.57. The Bertz CT molecular complexity index is 355. The first-order valence-electron chi connectivity index (χ1n) is 8.58. The number of hydrogen-bond donors (Lipinski definition) is 2. The van der Waals surface area contributed by atoms with Crippen LogP contribution in [-0.2, 0) is 9.53 Å². The van der Waals surface area contributed by atoms with Crippen LogP contribution in [0, 0.1) is 11.8 Å². The Morgan fingerprint density at radius 3 is 2.26 bits per heavy atom. The number of halogens is 2. The van der Waals surface area contributed by atoms with Gasteiger partial charge < -0.3 is 20.7 Å². The summed E-state index contributed by atoms with van der Waals surface area (Å²) in [5.41, 5.74) is 6.13. The molecule has 1 atom stereocenters. The van der Waals surface area contributed by atoms with Crippen molar-refractivity contribution < 1.29 is 9.53 Å². The van der Waals surface area contributed by atoms with Crippen molar-refractivity contribution in [2.24, 2.45) is 17.6 Å². The standard InChI is InChI=1S/C16H29N3O2.2ClH/c17-15(13-5-9-21-10-6-13)16(20)18-14-3-7-19(8-4-14)11-12-1-2-12;;/h12-15H,1-11,17H2,(H,18,20);2*1H. The van der Waals surface area contributed by atoms with E-state index in [1.165, 1.54) is 19.4 Å². The van der Waals surface area contributed by atoms with E-state index in [1.807, 2.05) is 0 Å². The highest BCUT2D eigenvalue weighted by atomic mass is 35.5. The van der Waals surface area contributed by atoms with Crippen molar-refractivity contribution in [3.63, 3.8) is 0 Å². The minimum Gasteiger partial charge on any atom is -0.381 e. The molecule has 0 spiro atoms. The molecule has 136 valence electrons. The monoisotopic (exact) mass is 367 g/mol. The van der Waals surface area contributed by atoms with E-state index in [2.05, 4.69) is 10.2 Å². The molecule has 2 saturated heterocycles. The summed E-state index contributed by atoms with van der Waals surface area (Å²) in [5.74, 6) is 1.29. The molecule has 1 unspecified atom stereocenters. The molecule has 23 heavy (non-hydrogen) atoms. The predicted molar refractivity (Wildman–Crippen MR) is 96.3 cm³/mol. The van der Waals surface area contributed by atoms with E-state index in [0.717, 1.165) is 57.9 Å². The van der Waals surface area contributed by atoms with Crippen LogP contribution in [0.4, 0.5) is 0 Å². The summed E-state index contributed by atoms with van der Waals surface area (Å²) in [6.07, 6.45) is 6.79. The zero-order valence-electron chi connectivity index (χ0n) is 13.7. The highest BCUT2D eigenvalue weighted by Crippen LogP contribution is 2.30. The average Bonchev–Trinajstić information content (AvgIpc) is 3.33. The van der Waals surface area contributed by atoms with Gasteiger partial charge in [-0.1, -0.05) is 0 Å². The second-order valence-corrected chi connectivity index (χ2v) is 7.00. The minimum absolute atomic E-state index is 0. The van der Waals surface area contributed by atoms with Crippen molar-refractivity contribution in [1.82, 2.24) is 10.2 Å². The maximum atomic E-state index is 12.3. The molecule has 1 amide bonds. The Labute approximate surface area is 151 Å². The molecule has 0 bridgehead atoms. The number of ether oxygens (including phenoxy) is 1. The summed E-state index contributed by atoms with van der Waals surface area (Å²) >= 11 is 0. The van der Waals surface area contributed by atoms with E-state index in [9.17, 15) is 4.79 Å². The van der Waals surface area contributed by atoms with E-state index in [-0.39, 0.29) is 42.7 Å². The topological polar surface area (TPSA) is 67.6 Å². The lowest BCUT2D eigenvalue weighted by molar-refractivity contribution is -0.125. The molecule has 3 N–H and O–H groups in total. The zero-order valence-corrected chi connectivity index (χ0v) is 15.4. The molecule has 3 aliphatic rings. The van der Waals surface area contributed by atoms with E-state index in [0.29, 0.717) is 6.04 Å². The number of likely N-dealkylation sites (tertiary alicyclic amines) is 1. The number of nitrogens with zero attached hydrogens (tertiary/aromatic N) is 1. The molecular formula is C16H31Cl2N3O2. The summed E-state index contributed by atoms with van der Waals surface area (Å²) in [4.78, 5) is 14.8. The Balaban J connectivity index is 0.00000132. The molecule has 1 saturated carbocycles. The SMILES string of the molecule is Cl.Cl.NC(C(=O)NC1CCN(CC2CC2)CC1)C1CCOCC1. The summed E-state index contributed by atoms with van der Waals surface area (Å²) in [6, 6.07) is -0.0442. The molecule has 0 aromatic carbocycles. The average molecular weight is 368 g/mol. The molecule has 0 radical (unpaired) electrons. The Morgan fingerprint density at radius 1 is 1.09 bits per heavy atom. The van der Waals surface area contributed by atoms with Crippen molar-refractivity contribution in [3.8, 4) is 0 Å². The van der Waals surface area contributed by atoms with Crippen LogP contribution in [0.15, 0.2) is 0 Å². The Morgan fingerprint density at radius 2 is 1.70 bits per heavy atom. The molecule has 3 fully saturated rings. The van der Waals surface area contributed by atoms with Gasteiger partial charge in [-0.3, -0.25) is 4.79 Å². The van der Waals surface area contributed by atoms with Gasteiger partial charge in [-0.2, -0.15) is 0 Å². The molecule has 1 aliphatic carbocycles. The van der Waals surface area contributed by atoms with Gasteiger partial charge in [0.2, 0.25) is 5.91 Å². The van der Waals surface area contributed by atoms with Gasteiger partial charge in [-0.05, 0) is 50.4 Å². The highest BCUT2D eigenvalue weighted by molar-refractivity contribution is 5.85. The highest BCUT2D eigenvalue weighted by Gasteiger charge is 2.30. The number of carbonyl (C=O) groups is 1. The fourth-order valence-electron chi connectivity index (χ4n) is 3.51. The quantitative estimate of drug-likeness (QED) is 0.773. The van der Waals surface area contributed by atoms with Gasteiger partial charge in [0.05, 0.1) is 6.04 Å². The van der Waals surface area contributed by atoms with Gasteiger partial charge in [0.1, 0.15) is 0 Å². The van der Waals surface area contributed by atoms with E-state index in [4.69, 9.17) is 10.5 Å². The third kappa shape index (κ3) is 6.39. The van der Waals surface area contributed by atoms with Crippen molar-refractivity contribution >= 4 is 30.7 Å². The fourth-order valence-corrected chi connectivity index (χ4v) is 3.51. The van der Waals surface area contributed by atoms with Crippen LogP contribution in [0.25, 0.3) is 0 Å². The van der Waals surface area contributed by atoms with Crippen molar-refractivity contribution in [2.45, 2.75) is 50.6 Å². The van der Waals surface area contributed by atoms with Crippen LogP contribution in [0.5, 0.6) is 0 Å². The zero-order chi connectivity index (χ0) is 14.7. The first-order chi connectivity index (χ1) is 10.2. The van der Waals surface area contributed by atoms with Crippen LogP contribution >= 0.6 is 24.8 Å². The maximum absolute atomic E-state index is 12.3. The van der Waals surface area contributed by atoms with Gasteiger partial charge in [-0.15, -0.1) is 24.8 Å². The Hall–Kier alpha value is -0.0700. The second-order valence-electron chi connectivity index (χ2n) is 7.00. The number of nitrogens with two attached hydrogens (primary N) is 1. The first kappa shape index (κ1) is 21.0. The molecule has 0 aromatic rings. The van der Waals surface area contributed by atoms with Crippen LogP contribution in [0.3, 0.4) is 0 Å². The van der Waals surface area contributed by atoms with Crippen molar-refractivity contribution in [2.75, 3.05) is 32.8 Å². The number of rotatable bonds is 5. The van der Waals surface area contributed by atoms with Gasteiger partial charge in [0, 0.05) is 38.9 Å². The minimum atomic E-state index is -0.363. The maximum Gasteiger partial charge on any atom is 0.237 e. The molecule has 2 heterocycles. The Kier molecular flexibility index (Phi) is 9.16. The lowest BCUT2D eigenvalue weighted by Gasteiger charge is -2.34. The molecule has 3 rings (SSSR count). The lowest BCUT2D eigenvalue weighted by Crippen LogP contribution is -2.52. The molecule has 0 aromatic heterocycles. The summed E-state index contributed by atoms with van der Waals surface area (Å²) in [5, 5.41) is 3.17. The van der Waals surface area contributed by atoms with Crippen LogP contribution < -0.4 is 11.1 Å². The lowest BCUT2D eigenvalue weighted by atomic mass is 9.91. The van der Waals surface area contributed by atoms with Gasteiger partial charge >= 0.3 is 0 Å². The second kappa shape index (κ2) is 10.0. The summed E-state index contributed by atoms with van der Waals surface area (Å²) < 4.78 is 5.34. The number of carbonyl (C=O) groups excluding carboxylic acids is 1. The van der Waals surface area contributed by atoms with Crippen LogP contribution in [0.2, 0.25) is 0 Å². The first-order valence-corrected chi connectivity index (χ1v) is 8.58. The number of piperidine rings is 1. The van der Waals surface area contributed by atoms with Gasteiger partial charge in [0.15, 0.2) is 0 Å². The number of amides is 1. The van der Waals surface area contributed by atoms with Gasteiger partial charge in [-0.25, -0.2) is 0 Å².